The van der Waals surface area contributed by atoms with Crippen LogP contribution in [0, 0.1) is 6.92 Å². The van der Waals surface area contributed by atoms with Crippen molar-refractivity contribution in [2.45, 2.75) is 46.4 Å². The molecule has 7 heteroatoms. The molecular weight excluding hydrogens is 442 g/mol. The van der Waals surface area contributed by atoms with Gasteiger partial charge in [0.2, 0.25) is 0 Å². The largest absolute Gasteiger partial charge is 0.486 e. The summed E-state index contributed by atoms with van der Waals surface area (Å²) in [7, 11) is 0. The number of benzene rings is 3. The zero-order valence-electron chi connectivity index (χ0n) is 20.4. The molecule has 2 atom stereocenters. The topological polar surface area (TPSA) is 74.6 Å². The maximum atomic E-state index is 11.5. The number of nitrogens with zero attached hydrogens (tertiary/aromatic N) is 2. The van der Waals surface area contributed by atoms with E-state index in [-0.39, 0.29) is 18.2 Å². The molecule has 1 N–H and O–H groups in total. The summed E-state index contributed by atoms with van der Waals surface area (Å²) >= 11 is 0. The lowest BCUT2D eigenvalue weighted by Crippen LogP contribution is -2.18. The molecule has 0 spiro atoms. The molecule has 0 bridgehead atoms. The number of esters is 1. The highest BCUT2D eigenvalue weighted by molar-refractivity contribution is 5.79. The number of imidazole rings is 1. The van der Waals surface area contributed by atoms with Crippen molar-refractivity contribution in [1.29, 1.82) is 0 Å². The third-order valence-electron chi connectivity index (χ3n) is 6.30. The Balaban J connectivity index is 1.41. The van der Waals surface area contributed by atoms with Gasteiger partial charge in [0, 0.05) is 30.8 Å². The highest BCUT2D eigenvalue weighted by Gasteiger charge is 2.33. The minimum Gasteiger partial charge on any atom is -0.486 e. The standard InChI is InChI=1S/C28H29N3O4/c1-5-33-28-30-23-10-6-7-11-25(23)31(28)24-12-8-9-20(17(24)2)16-29-21-13-14-22-26(15-21)34-18(3)27(22)35-19(4)32/h6-15,18,27,29H,5,16H2,1-4H3/t18?,27-/m1/s1. The lowest BCUT2D eigenvalue weighted by atomic mass is 10.1. The number of para-hydroxylation sites is 2. The van der Waals surface area contributed by atoms with Crippen LogP contribution in [0.1, 0.15) is 43.6 Å². The first-order valence-corrected chi connectivity index (χ1v) is 11.9. The van der Waals surface area contributed by atoms with E-state index in [0.29, 0.717) is 19.2 Å². The van der Waals surface area contributed by atoms with Gasteiger partial charge in [0.25, 0.3) is 0 Å². The highest BCUT2D eigenvalue weighted by Crippen LogP contribution is 2.40. The molecule has 3 aromatic carbocycles. The second-order valence-electron chi connectivity index (χ2n) is 8.67. The molecule has 0 saturated carbocycles. The molecule has 1 aliphatic heterocycles. The number of carbonyl (C=O) groups excluding carboxylic acids is 1. The smallest absolute Gasteiger partial charge is 0.303 e. The van der Waals surface area contributed by atoms with Crippen molar-refractivity contribution in [2.75, 3.05) is 11.9 Å². The lowest BCUT2D eigenvalue weighted by molar-refractivity contribution is -0.149. The van der Waals surface area contributed by atoms with Crippen LogP contribution in [0.5, 0.6) is 11.8 Å². The molecule has 7 nitrogen and oxygen atoms in total. The van der Waals surface area contributed by atoms with Crippen molar-refractivity contribution in [3.05, 3.63) is 77.4 Å². The van der Waals surface area contributed by atoms with E-state index in [9.17, 15) is 4.79 Å². The van der Waals surface area contributed by atoms with Crippen LogP contribution < -0.4 is 14.8 Å². The fourth-order valence-electron chi connectivity index (χ4n) is 4.60. The van der Waals surface area contributed by atoms with Gasteiger partial charge in [0.1, 0.15) is 11.9 Å². The van der Waals surface area contributed by atoms with Gasteiger partial charge in [-0.2, -0.15) is 4.98 Å². The van der Waals surface area contributed by atoms with Gasteiger partial charge in [-0.15, -0.1) is 0 Å². The Morgan fingerprint density at radius 1 is 1.14 bits per heavy atom. The maximum absolute atomic E-state index is 11.5. The predicted octanol–water partition coefficient (Wildman–Crippen LogP) is 5.73. The molecule has 35 heavy (non-hydrogen) atoms. The Hall–Kier alpha value is -4.00. The average molecular weight is 472 g/mol. The Kier molecular flexibility index (Phi) is 6.07. The molecule has 4 aromatic rings. The van der Waals surface area contributed by atoms with Crippen LogP contribution in [-0.4, -0.2) is 28.2 Å². The van der Waals surface area contributed by atoms with Crippen LogP contribution in [-0.2, 0) is 16.1 Å². The zero-order valence-corrected chi connectivity index (χ0v) is 20.4. The first-order chi connectivity index (χ1) is 17.0. The molecular formula is C28H29N3O4. The fraction of sp³-hybridized carbons (Fsp3) is 0.286. The minimum atomic E-state index is -0.375. The van der Waals surface area contributed by atoms with Crippen LogP contribution in [0.15, 0.2) is 60.7 Å². The van der Waals surface area contributed by atoms with Crippen molar-refractivity contribution < 1.29 is 19.0 Å². The molecule has 0 fully saturated rings. The monoisotopic (exact) mass is 471 g/mol. The number of hydrogen-bond acceptors (Lipinski definition) is 6. The molecule has 0 saturated heterocycles. The summed E-state index contributed by atoms with van der Waals surface area (Å²) in [6, 6.07) is 20.8. The van der Waals surface area contributed by atoms with Crippen molar-refractivity contribution in [3.8, 4) is 17.4 Å². The Labute approximate surface area is 204 Å². The van der Waals surface area contributed by atoms with Gasteiger partial charge in [-0.1, -0.05) is 24.3 Å². The van der Waals surface area contributed by atoms with Gasteiger partial charge in [0.05, 0.1) is 23.3 Å². The summed E-state index contributed by atoms with van der Waals surface area (Å²) in [5, 5.41) is 3.51. The summed E-state index contributed by atoms with van der Waals surface area (Å²) in [4.78, 5) is 16.1. The van der Waals surface area contributed by atoms with E-state index in [1.54, 1.807) is 0 Å². The lowest BCUT2D eigenvalue weighted by Gasteiger charge is -2.16. The van der Waals surface area contributed by atoms with Crippen LogP contribution in [0.25, 0.3) is 16.7 Å². The van der Waals surface area contributed by atoms with Crippen molar-refractivity contribution >= 4 is 22.7 Å². The Morgan fingerprint density at radius 2 is 1.97 bits per heavy atom. The molecule has 0 amide bonds. The van der Waals surface area contributed by atoms with Crippen molar-refractivity contribution in [2.24, 2.45) is 0 Å². The molecule has 2 heterocycles. The van der Waals surface area contributed by atoms with Gasteiger partial charge in [-0.3, -0.25) is 9.36 Å². The maximum Gasteiger partial charge on any atom is 0.303 e. The number of fused-ring (bicyclic) bond motifs is 2. The van der Waals surface area contributed by atoms with E-state index in [2.05, 4.69) is 46.1 Å². The van der Waals surface area contributed by atoms with E-state index in [4.69, 9.17) is 14.2 Å². The number of hydrogen-bond donors (Lipinski definition) is 1. The van der Waals surface area contributed by atoms with Crippen LogP contribution in [0.4, 0.5) is 5.69 Å². The third kappa shape index (κ3) is 4.30. The molecule has 1 aromatic heterocycles. The number of ether oxygens (including phenoxy) is 3. The number of anilines is 1. The zero-order chi connectivity index (χ0) is 24.5. The summed E-state index contributed by atoms with van der Waals surface area (Å²) in [6.07, 6.45) is -0.590. The SMILES string of the molecule is CCOc1nc2ccccc2n1-c1cccc(CNc2ccc3c(c2)OC(C)[C@H]3OC(C)=O)c1C. The summed E-state index contributed by atoms with van der Waals surface area (Å²) in [6.45, 7) is 8.59. The number of aromatic nitrogens is 2. The summed E-state index contributed by atoms with van der Waals surface area (Å²) < 4.78 is 19.3. The normalized spacial score (nSPS) is 16.6. The summed E-state index contributed by atoms with van der Waals surface area (Å²) in [5.41, 5.74) is 7.09. The predicted molar refractivity (Wildman–Crippen MR) is 135 cm³/mol. The van der Waals surface area contributed by atoms with E-state index >= 15 is 0 Å². The fourth-order valence-corrected chi connectivity index (χ4v) is 4.60. The molecule has 180 valence electrons. The first kappa shape index (κ1) is 22.8. The molecule has 1 unspecified atom stereocenters. The van der Waals surface area contributed by atoms with Gasteiger partial charge >= 0.3 is 12.0 Å². The van der Waals surface area contributed by atoms with E-state index in [0.717, 1.165) is 44.8 Å². The molecule has 0 aliphatic carbocycles. The molecule has 0 radical (unpaired) electrons. The quantitative estimate of drug-likeness (QED) is 0.347. The van der Waals surface area contributed by atoms with Gasteiger partial charge < -0.3 is 19.5 Å². The Morgan fingerprint density at radius 3 is 2.77 bits per heavy atom. The Bertz CT molecular complexity index is 1390. The van der Waals surface area contributed by atoms with Crippen LogP contribution in [0.3, 0.4) is 0 Å². The molecule has 1 aliphatic rings. The number of carbonyl (C=O) groups is 1. The second kappa shape index (κ2) is 9.33. The van der Waals surface area contributed by atoms with E-state index in [1.165, 1.54) is 6.92 Å². The first-order valence-electron chi connectivity index (χ1n) is 11.9. The van der Waals surface area contributed by atoms with Gasteiger partial charge in [-0.25, -0.2) is 0 Å². The van der Waals surface area contributed by atoms with E-state index in [1.807, 2.05) is 50.2 Å². The van der Waals surface area contributed by atoms with Crippen LogP contribution >= 0.6 is 0 Å². The number of nitrogens with one attached hydrogen (secondary N) is 1. The highest BCUT2D eigenvalue weighted by atomic mass is 16.6. The average Bonchev–Trinajstić information content (AvgIpc) is 3.35. The number of rotatable bonds is 7. The van der Waals surface area contributed by atoms with Crippen molar-refractivity contribution in [1.82, 2.24) is 9.55 Å². The van der Waals surface area contributed by atoms with Gasteiger partial charge in [0.15, 0.2) is 6.10 Å². The third-order valence-corrected chi connectivity index (χ3v) is 6.30. The molecule has 5 rings (SSSR count). The summed E-state index contributed by atoms with van der Waals surface area (Å²) in [5.74, 6) is 0.430. The second-order valence-corrected chi connectivity index (χ2v) is 8.67. The van der Waals surface area contributed by atoms with Crippen LogP contribution in [0.2, 0.25) is 0 Å². The van der Waals surface area contributed by atoms with Gasteiger partial charge in [-0.05, 0) is 62.2 Å². The minimum absolute atomic E-state index is 0.215. The van der Waals surface area contributed by atoms with E-state index < -0.39 is 0 Å². The van der Waals surface area contributed by atoms with Crippen molar-refractivity contribution in [3.63, 3.8) is 0 Å².